The van der Waals surface area contributed by atoms with Crippen molar-refractivity contribution < 1.29 is 17.9 Å². The zero-order valence-electron chi connectivity index (χ0n) is 33.3. The zero-order valence-corrected chi connectivity index (χ0v) is 33.3. The van der Waals surface area contributed by atoms with Crippen molar-refractivity contribution in [2.75, 3.05) is 4.90 Å². The number of hydrogen-bond acceptors (Lipinski definition) is 2. The summed E-state index contributed by atoms with van der Waals surface area (Å²) < 4.78 is 42.9. The molecule has 55 heavy (non-hydrogen) atoms. The van der Waals surface area contributed by atoms with Crippen LogP contribution in [0, 0.1) is 13.8 Å². The summed E-state index contributed by atoms with van der Waals surface area (Å²) in [6, 6.07) is 37.1. The number of unbranched alkanes of at least 4 members (excludes halogenated alkanes) is 10. The summed E-state index contributed by atoms with van der Waals surface area (Å²) >= 11 is 0. The SMILES string of the molecule is CCCCCCCCC1(CCCCCCCC)c2cc(C)ccc2-c2ccc(-c3ccc(N(c4ccc(C)cc4)c4ccc(OC(F)(F)F)cc4)cc3)cc21. The predicted octanol–water partition coefficient (Wildman–Crippen LogP) is 16.1. The molecule has 1 aliphatic carbocycles. The summed E-state index contributed by atoms with van der Waals surface area (Å²) in [5.74, 6) is -0.242. The van der Waals surface area contributed by atoms with Gasteiger partial charge in [0.25, 0.3) is 0 Å². The van der Waals surface area contributed by atoms with Crippen molar-refractivity contribution in [2.24, 2.45) is 0 Å². The summed E-state index contributed by atoms with van der Waals surface area (Å²) in [6.07, 6.45) is 13.1. The molecule has 5 heteroatoms. The summed E-state index contributed by atoms with van der Waals surface area (Å²) in [7, 11) is 0. The number of ether oxygens (including phenoxy) is 1. The third-order valence-electron chi connectivity index (χ3n) is 11.5. The average Bonchev–Trinajstić information content (AvgIpc) is 3.43. The highest BCUT2D eigenvalue weighted by molar-refractivity contribution is 5.85. The molecule has 0 unspecified atom stereocenters. The van der Waals surface area contributed by atoms with Gasteiger partial charge in [-0.15, -0.1) is 13.2 Å². The first-order valence-electron chi connectivity index (χ1n) is 20.7. The quantitative estimate of drug-likeness (QED) is 0.0781. The Bertz CT molecular complexity index is 1950. The number of rotatable bonds is 19. The standard InChI is InChI=1S/C50H58F3NO/c1-5-7-9-11-13-15-33-49(34-16-14-12-10-8-6-2)47-35-38(4)19-31-45(47)46-32-22-40(36-48(46)49)39-20-25-42(26-21-39)54(41-23-17-37(3)18-24-41)43-27-29-44(30-28-43)55-50(51,52)53/h17-32,35-36H,5-16,33-34H2,1-4H3. The van der Waals surface area contributed by atoms with Gasteiger partial charge < -0.3 is 9.64 Å². The number of halogens is 3. The van der Waals surface area contributed by atoms with Gasteiger partial charge in [-0.25, -0.2) is 0 Å². The molecule has 0 radical (unpaired) electrons. The molecule has 0 aromatic heterocycles. The van der Waals surface area contributed by atoms with Crippen LogP contribution in [0.5, 0.6) is 5.75 Å². The van der Waals surface area contributed by atoms with E-state index in [9.17, 15) is 13.2 Å². The maximum atomic E-state index is 12.9. The fourth-order valence-electron chi connectivity index (χ4n) is 8.61. The molecule has 0 fully saturated rings. The Balaban J connectivity index is 1.34. The van der Waals surface area contributed by atoms with E-state index in [1.54, 1.807) is 12.1 Å². The number of hydrogen-bond donors (Lipinski definition) is 0. The molecule has 0 atom stereocenters. The second-order valence-electron chi connectivity index (χ2n) is 15.7. The van der Waals surface area contributed by atoms with E-state index in [2.05, 4.69) is 91.1 Å². The lowest BCUT2D eigenvalue weighted by atomic mass is 9.70. The molecule has 0 spiro atoms. The Morgan fingerprint density at radius 2 is 0.927 bits per heavy atom. The molecular weight excluding hydrogens is 688 g/mol. The van der Waals surface area contributed by atoms with Crippen LogP contribution in [0.15, 0.2) is 109 Å². The van der Waals surface area contributed by atoms with Gasteiger partial charge in [-0.2, -0.15) is 0 Å². The Labute approximate surface area is 327 Å². The third kappa shape index (κ3) is 9.84. The first-order valence-corrected chi connectivity index (χ1v) is 20.7. The fourth-order valence-corrected chi connectivity index (χ4v) is 8.61. The normalized spacial score (nSPS) is 13.1. The maximum Gasteiger partial charge on any atom is 0.573 e. The summed E-state index contributed by atoms with van der Waals surface area (Å²) in [5, 5.41) is 0. The maximum absolute atomic E-state index is 12.9. The molecule has 0 saturated heterocycles. The highest BCUT2D eigenvalue weighted by Crippen LogP contribution is 2.55. The van der Waals surface area contributed by atoms with Crippen LogP contribution < -0.4 is 9.64 Å². The van der Waals surface area contributed by atoms with Crippen LogP contribution in [0.25, 0.3) is 22.3 Å². The van der Waals surface area contributed by atoms with Crippen LogP contribution in [-0.2, 0) is 5.41 Å². The van der Waals surface area contributed by atoms with Gasteiger partial charge in [0.15, 0.2) is 0 Å². The van der Waals surface area contributed by atoms with Gasteiger partial charge in [-0.1, -0.05) is 157 Å². The van der Waals surface area contributed by atoms with Crippen molar-refractivity contribution in [1.29, 1.82) is 0 Å². The monoisotopic (exact) mass is 745 g/mol. The number of aryl methyl sites for hydroxylation is 2. The number of fused-ring (bicyclic) bond motifs is 3. The van der Waals surface area contributed by atoms with E-state index in [4.69, 9.17) is 0 Å². The van der Waals surface area contributed by atoms with Crippen molar-refractivity contribution in [3.05, 3.63) is 131 Å². The van der Waals surface area contributed by atoms with Gasteiger partial charge in [-0.3, -0.25) is 0 Å². The molecule has 0 saturated carbocycles. The molecular formula is C50H58F3NO. The Hall–Kier alpha value is -4.51. The molecule has 0 heterocycles. The van der Waals surface area contributed by atoms with Crippen molar-refractivity contribution in [3.8, 4) is 28.0 Å². The minimum Gasteiger partial charge on any atom is -0.406 e. The van der Waals surface area contributed by atoms with Crippen LogP contribution >= 0.6 is 0 Å². The first kappa shape index (κ1) is 40.2. The van der Waals surface area contributed by atoms with Crippen LogP contribution in [-0.4, -0.2) is 6.36 Å². The molecule has 5 aromatic carbocycles. The van der Waals surface area contributed by atoms with E-state index >= 15 is 0 Å². The highest BCUT2D eigenvalue weighted by Gasteiger charge is 2.42. The predicted molar refractivity (Wildman–Crippen MR) is 225 cm³/mol. The molecule has 5 aromatic rings. The largest absolute Gasteiger partial charge is 0.573 e. The fraction of sp³-hybridized carbons (Fsp3) is 0.400. The van der Waals surface area contributed by atoms with Crippen LogP contribution in [0.1, 0.15) is 126 Å². The van der Waals surface area contributed by atoms with Crippen LogP contribution in [0.4, 0.5) is 30.2 Å². The van der Waals surface area contributed by atoms with E-state index in [1.807, 2.05) is 31.2 Å². The lowest BCUT2D eigenvalue weighted by Gasteiger charge is -2.33. The summed E-state index contributed by atoms with van der Waals surface area (Å²) in [5.41, 5.74) is 13.2. The van der Waals surface area contributed by atoms with Gasteiger partial charge in [0, 0.05) is 22.5 Å². The lowest BCUT2D eigenvalue weighted by Crippen LogP contribution is -2.25. The van der Waals surface area contributed by atoms with Crippen molar-refractivity contribution in [1.82, 2.24) is 0 Å². The summed E-state index contributed by atoms with van der Waals surface area (Å²) in [4.78, 5) is 2.06. The van der Waals surface area contributed by atoms with Gasteiger partial charge in [0.2, 0.25) is 0 Å². The molecule has 2 nitrogen and oxygen atoms in total. The topological polar surface area (TPSA) is 12.5 Å². The second-order valence-corrected chi connectivity index (χ2v) is 15.7. The Kier molecular flexibility index (Phi) is 13.4. The van der Waals surface area contributed by atoms with Crippen molar-refractivity contribution in [2.45, 2.75) is 129 Å². The molecule has 0 bridgehead atoms. The van der Waals surface area contributed by atoms with E-state index in [-0.39, 0.29) is 11.2 Å². The van der Waals surface area contributed by atoms with Gasteiger partial charge in [0.05, 0.1) is 0 Å². The van der Waals surface area contributed by atoms with Crippen LogP contribution in [0.3, 0.4) is 0 Å². The second kappa shape index (κ2) is 18.4. The number of benzene rings is 5. The van der Waals surface area contributed by atoms with E-state index in [0.29, 0.717) is 0 Å². The first-order chi connectivity index (χ1) is 26.6. The summed E-state index contributed by atoms with van der Waals surface area (Å²) in [6.45, 7) is 8.85. The minimum absolute atomic E-state index is 0.00633. The van der Waals surface area contributed by atoms with Gasteiger partial charge >= 0.3 is 6.36 Å². The van der Waals surface area contributed by atoms with Gasteiger partial charge in [0.1, 0.15) is 5.75 Å². The van der Waals surface area contributed by atoms with Crippen molar-refractivity contribution >= 4 is 17.1 Å². The molecule has 290 valence electrons. The molecule has 0 N–H and O–H groups in total. The minimum atomic E-state index is -4.74. The highest BCUT2D eigenvalue weighted by atomic mass is 19.4. The molecule has 6 rings (SSSR count). The molecule has 0 aliphatic heterocycles. The zero-order chi connectivity index (χ0) is 38.8. The van der Waals surface area contributed by atoms with E-state index < -0.39 is 6.36 Å². The number of anilines is 3. The van der Waals surface area contributed by atoms with Crippen molar-refractivity contribution in [3.63, 3.8) is 0 Å². The van der Waals surface area contributed by atoms with E-state index in [1.165, 1.54) is 135 Å². The smallest absolute Gasteiger partial charge is 0.406 e. The number of nitrogens with zero attached hydrogens (tertiary/aromatic N) is 1. The average molecular weight is 746 g/mol. The van der Waals surface area contributed by atoms with Gasteiger partial charge in [-0.05, 0) is 115 Å². The Morgan fingerprint density at radius 1 is 0.491 bits per heavy atom. The molecule has 1 aliphatic rings. The van der Waals surface area contributed by atoms with E-state index in [0.717, 1.165) is 28.2 Å². The third-order valence-corrected chi connectivity index (χ3v) is 11.5. The molecule has 0 amide bonds. The lowest BCUT2D eigenvalue weighted by molar-refractivity contribution is -0.274. The number of alkyl halides is 3. The Morgan fingerprint density at radius 3 is 1.47 bits per heavy atom. The van der Waals surface area contributed by atoms with Crippen LogP contribution in [0.2, 0.25) is 0 Å².